The largest absolute Gasteiger partial charge is 0.378 e. The van der Waals surface area contributed by atoms with E-state index in [1.54, 1.807) is 0 Å². The van der Waals surface area contributed by atoms with Crippen molar-refractivity contribution in [1.29, 1.82) is 0 Å². The summed E-state index contributed by atoms with van der Waals surface area (Å²) in [6.07, 6.45) is 8.18. The van der Waals surface area contributed by atoms with E-state index < -0.39 is 0 Å². The highest BCUT2D eigenvalue weighted by molar-refractivity contribution is 5.20. The van der Waals surface area contributed by atoms with E-state index in [9.17, 15) is 0 Å². The zero-order valence-corrected chi connectivity index (χ0v) is 12.2. The molecule has 1 aromatic rings. The molecule has 19 heavy (non-hydrogen) atoms. The fraction of sp³-hybridized carbons (Fsp3) is 0.800. The summed E-state index contributed by atoms with van der Waals surface area (Å²) < 4.78 is 11.0. The van der Waals surface area contributed by atoms with Crippen LogP contribution in [0.2, 0.25) is 0 Å². The van der Waals surface area contributed by atoms with Gasteiger partial charge in [-0.05, 0) is 39.7 Å². The van der Waals surface area contributed by atoms with Crippen molar-refractivity contribution in [2.24, 2.45) is 0 Å². The molecule has 1 aliphatic rings. The molecule has 4 heteroatoms. The Balaban J connectivity index is 1.52. The third-order valence-corrected chi connectivity index (χ3v) is 3.89. The van der Waals surface area contributed by atoms with Gasteiger partial charge in [-0.2, -0.15) is 0 Å². The minimum Gasteiger partial charge on any atom is -0.378 e. The highest BCUT2D eigenvalue weighted by Crippen LogP contribution is 2.20. The number of rotatable bonds is 7. The number of aryl methyl sites for hydroxylation is 2. The van der Waals surface area contributed by atoms with E-state index in [1.807, 2.05) is 13.8 Å². The Bertz CT molecular complexity index is 351. The van der Waals surface area contributed by atoms with Crippen molar-refractivity contribution in [1.82, 2.24) is 10.5 Å². The lowest BCUT2D eigenvalue weighted by atomic mass is 9.98. The van der Waals surface area contributed by atoms with Crippen LogP contribution in [0.15, 0.2) is 4.52 Å². The third kappa shape index (κ3) is 4.62. The predicted molar refractivity (Wildman–Crippen MR) is 75.1 cm³/mol. The van der Waals surface area contributed by atoms with E-state index in [-0.39, 0.29) is 0 Å². The van der Waals surface area contributed by atoms with Gasteiger partial charge < -0.3 is 14.6 Å². The molecule has 0 amide bonds. The molecule has 0 atom stereocenters. The Labute approximate surface area is 115 Å². The lowest BCUT2D eigenvalue weighted by Crippen LogP contribution is -2.21. The average Bonchev–Trinajstić information content (AvgIpc) is 2.75. The van der Waals surface area contributed by atoms with Crippen LogP contribution in [0, 0.1) is 13.8 Å². The van der Waals surface area contributed by atoms with Crippen molar-refractivity contribution < 1.29 is 9.26 Å². The number of aromatic nitrogens is 1. The van der Waals surface area contributed by atoms with Gasteiger partial charge in [0.2, 0.25) is 0 Å². The van der Waals surface area contributed by atoms with Crippen molar-refractivity contribution in [2.45, 2.75) is 65.0 Å². The highest BCUT2D eigenvalue weighted by atomic mass is 16.5. The van der Waals surface area contributed by atoms with E-state index in [1.165, 1.54) is 37.7 Å². The maximum Gasteiger partial charge on any atom is 0.138 e. The molecule has 1 N–H and O–H groups in total. The summed E-state index contributed by atoms with van der Waals surface area (Å²) in [7, 11) is 0. The summed E-state index contributed by atoms with van der Waals surface area (Å²) in [6, 6.07) is 0. The molecule has 1 heterocycles. The van der Waals surface area contributed by atoms with E-state index in [4.69, 9.17) is 9.26 Å². The molecule has 0 unspecified atom stereocenters. The maximum absolute atomic E-state index is 5.90. The maximum atomic E-state index is 5.90. The highest BCUT2D eigenvalue weighted by Gasteiger charge is 2.13. The van der Waals surface area contributed by atoms with E-state index in [0.717, 1.165) is 37.6 Å². The van der Waals surface area contributed by atoms with Crippen LogP contribution in [0.25, 0.3) is 0 Å². The van der Waals surface area contributed by atoms with Crippen molar-refractivity contribution in [3.63, 3.8) is 0 Å². The first kappa shape index (κ1) is 14.5. The average molecular weight is 266 g/mol. The topological polar surface area (TPSA) is 47.3 Å². The fourth-order valence-corrected chi connectivity index (χ4v) is 2.65. The first-order valence-corrected chi connectivity index (χ1v) is 7.51. The second-order valence-electron chi connectivity index (χ2n) is 5.46. The van der Waals surface area contributed by atoms with Gasteiger partial charge in [-0.25, -0.2) is 0 Å². The van der Waals surface area contributed by atoms with Crippen LogP contribution < -0.4 is 5.32 Å². The second kappa shape index (κ2) is 7.65. The van der Waals surface area contributed by atoms with Gasteiger partial charge in [0.1, 0.15) is 5.76 Å². The van der Waals surface area contributed by atoms with Gasteiger partial charge >= 0.3 is 0 Å². The van der Waals surface area contributed by atoms with Crippen molar-refractivity contribution in [3.05, 3.63) is 17.0 Å². The SMILES string of the molecule is Cc1noc(C)c1CNCCCOC1CCCCC1. The van der Waals surface area contributed by atoms with Crippen LogP contribution in [0.5, 0.6) is 0 Å². The summed E-state index contributed by atoms with van der Waals surface area (Å²) >= 11 is 0. The van der Waals surface area contributed by atoms with Crippen LogP contribution in [0.4, 0.5) is 0 Å². The molecule has 1 fully saturated rings. The molecule has 1 saturated carbocycles. The molecule has 0 radical (unpaired) electrons. The quantitative estimate of drug-likeness (QED) is 0.770. The zero-order valence-electron chi connectivity index (χ0n) is 12.2. The van der Waals surface area contributed by atoms with E-state index in [0.29, 0.717) is 6.10 Å². The number of nitrogens with one attached hydrogen (secondary N) is 1. The molecule has 108 valence electrons. The summed E-state index contributed by atoms with van der Waals surface area (Å²) in [4.78, 5) is 0. The predicted octanol–water partition coefficient (Wildman–Crippen LogP) is 3.12. The summed E-state index contributed by atoms with van der Waals surface area (Å²) in [6.45, 7) is 6.64. The van der Waals surface area contributed by atoms with Crippen LogP contribution in [-0.2, 0) is 11.3 Å². The van der Waals surface area contributed by atoms with Crippen LogP contribution >= 0.6 is 0 Å². The Hall–Kier alpha value is -0.870. The van der Waals surface area contributed by atoms with Gasteiger partial charge in [0, 0.05) is 18.7 Å². The number of nitrogens with zero attached hydrogens (tertiary/aromatic N) is 1. The minimum absolute atomic E-state index is 0.524. The molecule has 2 rings (SSSR count). The number of hydrogen-bond donors (Lipinski definition) is 1. The lowest BCUT2D eigenvalue weighted by molar-refractivity contribution is 0.0273. The fourth-order valence-electron chi connectivity index (χ4n) is 2.65. The van der Waals surface area contributed by atoms with Gasteiger partial charge in [-0.15, -0.1) is 0 Å². The molecule has 0 aromatic carbocycles. The third-order valence-electron chi connectivity index (χ3n) is 3.89. The number of hydrogen-bond acceptors (Lipinski definition) is 4. The summed E-state index contributed by atoms with van der Waals surface area (Å²) in [5.74, 6) is 0.920. The molecule has 0 spiro atoms. The zero-order chi connectivity index (χ0) is 13.5. The van der Waals surface area contributed by atoms with Crippen molar-refractivity contribution in [3.8, 4) is 0 Å². The smallest absolute Gasteiger partial charge is 0.138 e. The van der Waals surface area contributed by atoms with Crippen LogP contribution in [0.1, 0.15) is 55.5 Å². The number of ether oxygens (including phenoxy) is 1. The Morgan fingerprint density at radius 1 is 1.26 bits per heavy atom. The molecule has 0 bridgehead atoms. The van der Waals surface area contributed by atoms with Crippen molar-refractivity contribution in [2.75, 3.05) is 13.2 Å². The molecule has 0 saturated heterocycles. The Kier molecular flexibility index (Phi) is 5.86. The minimum atomic E-state index is 0.524. The normalized spacial score (nSPS) is 16.9. The van der Waals surface area contributed by atoms with Gasteiger partial charge in [-0.3, -0.25) is 0 Å². The standard InChI is InChI=1S/C15H26N2O2/c1-12-15(13(2)19-17-12)11-16-9-6-10-18-14-7-4-3-5-8-14/h14,16H,3-11H2,1-2H3. The lowest BCUT2D eigenvalue weighted by Gasteiger charge is -2.21. The Morgan fingerprint density at radius 2 is 2.05 bits per heavy atom. The summed E-state index contributed by atoms with van der Waals surface area (Å²) in [5, 5.41) is 7.38. The molecule has 4 nitrogen and oxygen atoms in total. The van der Waals surface area contributed by atoms with Gasteiger partial charge in [0.15, 0.2) is 0 Å². The van der Waals surface area contributed by atoms with Gasteiger partial charge in [0.05, 0.1) is 11.8 Å². The van der Waals surface area contributed by atoms with E-state index >= 15 is 0 Å². The molecule has 0 aliphatic heterocycles. The summed E-state index contributed by atoms with van der Waals surface area (Å²) in [5.41, 5.74) is 2.18. The first-order chi connectivity index (χ1) is 9.27. The van der Waals surface area contributed by atoms with Crippen LogP contribution in [-0.4, -0.2) is 24.4 Å². The molecule has 1 aliphatic carbocycles. The molecular formula is C15H26N2O2. The van der Waals surface area contributed by atoms with Crippen molar-refractivity contribution >= 4 is 0 Å². The van der Waals surface area contributed by atoms with Gasteiger partial charge in [0.25, 0.3) is 0 Å². The second-order valence-corrected chi connectivity index (χ2v) is 5.46. The first-order valence-electron chi connectivity index (χ1n) is 7.51. The van der Waals surface area contributed by atoms with Gasteiger partial charge in [-0.1, -0.05) is 24.4 Å². The van der Waals surface area contributed by atoms with Crippen LogP contribution in [0.3, 0.4) is 0 Å². The Morgan fingerprint density at radius 3 is 2.74 bits per heavy atom. The van der Waals surface area contributed by atoms with E-state index in [2.05, 4.69) is 10.5 Å². The monoisotopic (exact) mass is 266 g/mol. The molecular weight excluding hydrogens is 240 g/mol. The molecule has 1 aromatic heterocycles.